The smallest absolute Gasteiger partial charge is 0.0960 e. The molecular weight excluding hydrogens is 274 g/mol. The van der Waals surface area contributed by atoms with Crippen LogP contribution in [0.15, 0.2) is 30.3 Å². The van der Waals surface area contributed by atoms with Crippen LogP contribution in [0.1, 0.15) is 34.5 Å². The van der Waals surface area contributed by atoms with E-state index in [-0.39, 0.29) is 0 Å². The molecule has 1 unspecified atom stereocenters. The molecule has 1 aromatic carbocycles. The monoisotopic (exact) mass is 293 g/mol. The molecule has 0 amide bonds. The van der Waals surface area contributed by atoms with E-state index in [1.54, 1.807) is 11.3 Å². The van der Waals surface area contributed by atoms with Crippen LogP contribution >= 0.6 is 22.9 Å². The third-order valence-electron chi connectivity index (χ3n) is 3.23. The molecule has 0 aliphatic carbocycles. The number of rotatable bonds is 5. The number of likely N-dealkylation sites (N-methyl/N-ethyl adjacent to an activating group) is 1. The third-order valence-corrected chi connectivity index (χ3v) is 4.90. The molecule has 1 heterocycles. The van der Waals surface area contributed by atoms with E-state index in [1.165, 1.54) is 21.6 Å². The lowest BCUT2D eigenvalue weighted by atomic mass is 10.0. The van der Waals surface area contributed by atoms with Gasteiger partial charge >= 0.3 is 0 Å². The fraction of sp³-hybridized carbons (Fsp3) is 0.375. The highest BCUT2D eigenvalue weighted by Crippen LogP contribution is 2.32. The fourth-order valence-corrected chi connectivity index (χ4v) is 3.43. The maximum atomic E-state index is 6.19. The summed E-state index contributed by atoms with van der Waals surface area (Å²) in [6.07, 6.45) is 1.00. The quantitative estimate of drug-likeness (QED) is 0.826. The highest BCUT2D eigenvalue weighted by molar-refractivity contribution is 7.16. The maximum Gasteiger partial charge on any atom is 0.0960 e. The molecule has 0 radical (unpaired) electrons. The summed E-state index contributed by atoms with van der Waals surface area (Å²) in [7, 11) is 0. The highest BCUT2D eigenvalue weighted by Gasteiger charge is 2.15. The Hall–Kier alpha value is -0.830. The van der Waals surface area contributed by atoms with Crippen molar-refractivity contribution in [3.8, 4) is 0 Å². The van der Waals surface area contributed by atoms with Crippen molar-refractivity contribution in [1.82, 2.24) is 5.32 Å². The van der Waals surface area contributed by atoms with Crippen molar-refractivity contribution in [1.29, 1.82) is 0 Å². The van der Waals surface area contributed by atoms with Crippen LogP contribution in [-0.4, -0.2) is 6.54 Å². The van der Waals surface area contributed by atoms with Crippen LogP contribution in [0, 0.1) is 13.8 Å². The number of halogens is 1. The second kappa shape index (κ2) is 6.56. The lowest BCUT2D eigenvalue weighted by molar-refractivity contribution is 0.558. The van der Waals surface area contributed by atoms with Gasteiger partial charge in [-0.3, -0.25) is 0 Å². The van der Waals surface area contributed by atoms with Crippen molar-refractivity contribution < 1.29 is 0 Å². The second-order valence-corrected chi connectivity index (χ2v) is 6.59. The highest BCUT2D eigenvalue weighted by atomic mass is 35.5. The summed E-state index contributed by atoms with van der Waals surface area (Å²) >= 11 is 7.88. The molecule has 102 valence electrons. The lowest BCUT2D eigenvalue weighted by Gasteiger charge is -2.16. The van der Waals surface area contributed by atoms with Crippen molar-refractivity contribution in [3.63, 3.8) is 0 Å². The lowest BCUT2D eigenvalue weighted by Crippen LogP contribution is -2.22. The summed E-state index contributed by atoms with van der Waals surface area (Å²) in [4.78, 5) is 1.32. The molecule has 1 N–H and O–H groups in total. The molecule has 2 rings (SSSR count). The van der Waals surface area contributed by atoms with Gasteiger partial charge in [-0.25, -0.2) is 0 Å². The zero-order valence-corrected chi connectivity index (χ0v) is 13.2. The molecule has 1 nitrogen and oxygen atoms in total. The van der Waals surface area contributed by atoms with Gasteiger partial charge in [0.2, 0.25) is 0 Å². The average molecular weight is 294 g/mol. The Labute approximate surface area is 124 Å². The summed E-state index contributed by atoms with van der Waals surface area (Å²) < 4.78 is 0.904. The van der Waals surface area contributed by atoms with Crippen molar-refractivity contribution in [2.24, 2.45) is 0 Å². The number of hydrogen-bond acceptors (Lipinski definition) is 2. The Morgan fingerprint density at radius 2 is 1.89 bits per heavy atom. The summed E-state index contributed by atoms with van der Waals surface area (Å²) in [5.74, 6) is 0. The van der Waals surface area contributed by atoms with Gasteiger partial charge in [-0.15, -0.1) is 11.3 Å². The van der Waals surface area contributed by atoms with E-state index in [0.717, 1.165) is 17.3 Å². The van der Waals surface area contributed by atoms with Gasteiger partial charge < -0.3 is 5.32 Å². The molecule has 0 fully saturated rings. The number of nitrogens with one attached hydrogen (secondary N) is 1. The molecule has 2 aromatic rings. The summed E-state index contributed by atoms with van der Waals surface area (Å²) in [5, 5.41) is 3.55. The molecule has 0 bridgehead atoms. The first-order chi connectivity index (χ1) is 9.10. The van der Waals surface area contributed by atoms with Crippen LogP contribution < -0.4 is 5.32 Å². The Morgan fingerprint density at radius 3 is 2.42 bits per heavy atom. The fourth-order valence-electron chi connectivity index (χ4n) is 2.13. The normalized spacial score (nSPS) is 12.6. The van der Waals surface area contributed by atoms with Crippen LogP contribution in [0.5, 0.6) is 0 Å². The van der Waals surface area contributed by atoms with E-state index in [9.17, 15) is 0 Å². The first-order valence-corrected chi connectivity index (χ1v) is 7.84. The van der Waals surface area contributed by atoms with Crippen LogP contribution in [-0.2, 0) is 6.42 Å². The maximum absolute atomic E-state index is 6.19. The molecule has 1 atom stereocenters. The van der Waals surface area contributed by atoms with Gasteiger partial charge in [0.15, 0.2) is 0 Å². The Balaban J connectivity index is 2.18. The predicted molar refractivity (Wildman–Crippen MR) is 85.4 cm³/mol. The molecule has 3 heteroatoms. The predicted octanol–water partition coefficient (Wildman–Crippen LogP) is 4.91. The first-order valence-electron chi connectivity index (χ1n) is 6.65. The van der Waals surface area contributed by atoms with Crippen LogP contribution in [0.3, 0.4) is 0 Å². The molecule has 0 spiro atoms. The summed E-state index contributed by atoms with van der Waals surface area (Å²) in [6, 6.07) is 11.3. The largest absolute Gasteiger partial charge is 0.309 e. The van der Waals surface area contributed by atoms with Gasteiger partial charge in [-0.05, 0) is 44.0 Å². The van der Waals surface area contributed by atoms with Gasteiger partial charge in [-0.1, -0.05) is 48.4 Å². The van der Waals surface area contributed by atoms with Gasteiger partial charge in [0.05, 0.1) is 4.34 Å². The zero-order valence-electron chi connectivity index (χ0n) is 11.7. The van der Waals surface area contributed by atoms with Crippen LogP contribution in [0.25, 0.3) is 0 Å². The van der Waals surface area contributed by atoms with E-state index < -0.39 is 0 Å². The van der Waals surface area contributed by atoms with E-state index in [1.807, 2.05) is 0 Å². The van der Waals surface area contributed by atoms with Gasteiger partial charge in [0, 0.05) is 10.9 Å². The van der Waals surface area contributed by atoms with Crippen molar-refractivity contribution in [2.75, 3.05) is 6.54 Å². The Bertz CT molecular complexity index is 511. The molecule has 0 aliphatic rings. The van der Waals surface area contributed by atoms with Gasteiger partial charge in [0.25, 0.3) is 0 Å². The molecule has 0 aliphatic heterocycles. The van der Waals surface area contributed by atoms with E-state index >= 15 is 0 Å². The number of hydrogen-bond donors (Lipinski definition) is 1. The van der Waals surface area contributed by atoms with Gasteiger partial charge in [0.1, 0.15) is 0 Å². The topological polar surface area (TPSA) is 12.0 Å². The minimum absolute atomic E-state index is 0.351. The van der Waals surface area contributed by atoms with Gasteiger partial charge in [-0.2, -0.15) is 0 Å². The molecular formula is C16H20ClNS. The Kier molecular flexibility index (Phi) is 5.03. The second-order valence-electron chi connectivity index (χ2n) is 4.91. The summed E-state index contributed by atoms with van der Waals surface area (Å²) in [5.41, 5.74) is 3.84. The third kappa shape index (κ3) is 3.82. The van der Waals surface area contributed by atoms with Crippen molar-refractivity contribution >= 4 is 22.9 Å². The number of thiophene rings is 1. The average Bonchev–Trinajstić information content (AvgIpc) is 2.72. The van der Waals surface area contributed by atoms with Crippen LogP contribution in [0.2, 0.25) is 4.34 Å². The SMILES string of the molecule is CCNC(Cc1ccc(C)cc1)c1cc(C)c(Cl)s1. The minimum atomic E-state index is 0.351. The molecule has 0 saturated heterocycles. The molecule has 1 aromatic heterocycles. The van der Waals surface area contributed by atoms with E-state index in [0.29, 0.717) is 6.04 Å². The van der Waals surface area contributed by atoms with Crippen molar-refractivity contribution in [2.45, 2.75) is 33.2 Å². The zero-order chi connectivity index (χ0) is 13.8. The van der Waals surface area contributed by atoms with Crippen LogP contribution in [0.4, 0.5) is 0 Å². The van der Waals surface area contributed by atoms with E-state index in [2.05, 4.69) is 56.4 Å². The Morgan fingerprint density at radius 1 is 1.21 bits per heavy atom. The van der Waals surface area contributed by atoms with Crippen molar-refractivity contribution in [3.05, 3.63) is 56.2 Å². The van der Waals surface area contributed by atoms with E-state index in [4.69, 9.17) is 11.6 Å². The minimum Gasteiger partial charge on any atom is -0.309 e. The summed E-state index contributed by atoms with van der Waals surface area (Å²) in [6.45, 7) is 7.29. The number of aryl methyl sites for hydroxylation is 2. The first kappa shape index (κ1) is 14.6. The molecule has 19 heavy (non-hydrogen) atoms. The molecule has 0 saturated carbocycles. The number of benzene rings is 1. The standard InChI is InChI=1S/C16H20ClNS/c1-4-18-14(15-9-12(3)16(17)19-15)10-13-7-5-11(2)6-8-13/h5-9,14,18H,4,10H2,1-3H3.